The lowest BCUT2D eigenvalue weighted by Crippen LogP contribution is -2.26. The van der Waals surface area contributed by atoms with Crippen molar-refractivity contribution in [1.82, 2.24) is 4.72 Å². The fourth-order valence-electron chi connectivity index (χ4n) is 1.82. The highest BCUT2D eigenvalue weighted by molar-refractivity contribution is 7.89. The first-order valence-corrected chi connectivity index (χ1v) is 7.94. The lowest BCUT2D eigenvalue weighted by atomic mass is 10.3. The van der Waals surface area contributed by atoms with E-state index in [1.165, 1.54) is 18.2 Å². The van der Waals surface area contributed by atoms with Crippen molar-refractivity contribution in [1.29, 1.82) is 0 Å². The number of nitro groups is 1. The van der Waals surface area contributed by atoms with Crippen molar-refractivity contribution in [3.8, 4) is 0 Å². The Balaban J connectivity index is 2.34. The molecule has 0 saturated heterocycles. The van der Waals surface area contributed by atoms with Crippen LogP contribution in [0.5, 0.6) is 0 Å². The zero-order chi connectivity index (χ0) is 14.8. The van der Waals surface area contributed by atoms with Gasteiger partial charge in [-0.05, 0) is 37.8 Å². The van der Waals surface area contributed by atoms with Gasteiger partial charge in [0.1, 0.15) is 0 Å². The van der Waals surface area contributed by atoms with Gasteiger partial charge in [-0.1, -0.05) is 0 Å². The number of hydrogen-bond acceptors (Lipinski definition) is 5. The molecule has 20 heavy (non-hydrogen) atoms. The topological polar surface area (TPSA) is 101 Å². The maximum absolute atomic E-state index is 12.2. The van der Waals surface area contributed by atoms with Gasteiger partial charge in [-0.15, -0.1) is 0 Å². The molecule has 1 saturated carbocycles. The Morgan fingerprint density at radius 3 is 2.65 bits per heavy atom. The lowest BCUT2D eigenvalue weighted by molar-refractivity contribution is -0.387. The second-order valence-electron chi connectivity index (χ2n) is 4.77. The Morgan fingerprint density at radius 1 is 1.40 bits per heavy atom. The Labute approximate surface area is 117 Å². The molecule has 0 aromatic heterocycles. The van der Waals surface area contributed by atoms with Gasteiger partial charge in [0.05, 0.1) is 4.92 Å². The zero-order valence-electron chi connectivity index (χ0n) is 11.1. The van der Waals surface area contributed by atoms with Crippen molar-refractivity contribution in [2.45, 2.75) is 24.7 Å². The molecular weight excluding hydrogens is 282 g/mol. The Kier molecular flexibility index (Phi) is 4.24. The van der Waals surface area contributed by atoms with Crippen LogP contribution >= 0.6 is 0 Å². The number of anilines is 1. The van der Waals surface area contributed by atoms with Crippen LogP contribution in [0.15, 0.2) is 23.1 Å². The molecule has 2 N–H and O–H groups in total. The van der Waals surface area contributed by atoms with Gasteiger partial charge in [-0.3, -0.25) is 10.1 Å². The van der Waals surface area contributed by atoms with E-state index in [4.69, 9.17) is 0 Å². The van der Waals surface area contributed by atoms with Gasteiger partial charge in [-0.2, -0.15) is 0 Å². The Bertz CT molecular complexity index is 611. The summed E-state index contributed by atoms with van der Waals surface area (Å²) in [6.07, 6.45) is 2.00. The molecule has 7 nitrogen and oxygen atoms in total. The number of nitro benzene ring substituents is 1. The minimum atomic E-state index is -3.86. The molecule has 1 aromatic carbocycles. The van der Waals surface area contributed by atoms with E-state index in [1.807, 2.05) is 6.92 Å². The summed E-state index contributed by atoms with van der Waals surface area (Å²) in [6.45, 7) is 2.80. The van der Waals surface area contributed by atoms with E-state index in [9.17, 15) is 18.5 Å². The maximum Gasteiger partial charge on any atom is 0.289 e. The molecule has 1 fully saturated rings. The van der Waals surface area contributed by atoms with Crippen LogP contribution in [-0.4, -0.2) is 26.4 Å². The zero-order valence-corrected chi connectivity index (χ0v) is 11.9. The summed E-state index contributed by atoms with van der Waals surface area (Å²) in [4.78, 5) is 10.0. The van der Waals surface area contributed by atoms with Crippen LogP contribution in [0.25, 0.3) is 0 Å². The van der Waals surface area contributed by atoms with E-state index in [1.54, 1.807) is 0 Å². The van der Waals surface area contributed by atoms with Crippen LogP contribution in [0.2, 0.25) is 0 Å². The summed E-state index contributed by atoms with van der Waals surface area (Å²) in [5.74, 6) is 0.362. The second kappa shape index (κ2) is 5.76. The van der Waals surface area contributed by atoms with Crippen molar-refractivity contribution >= 4 is 21.4 Å². The van der Waals surface area contributed by atoms with Crippen molar-refractivity contribution in [3.05, 3.63) is 28.3 Å². The summed E-state index contributed by atoms with van der Waals surface area (Å²) in [6, 6.07) is 4.02. The van der Waals surface area contributed by atoms with Crippen LogP contribution < -0.4 is 10.0 Å². The number of sulfonamides is 1. The predicted octanol–water partition coefficient (Wildman–Crippen LogP) is 1.71. The largest absolute Gasteiger partial charge is 0.385 e. The SMILES string of the molecule is CCNc1ccc([N+](=O)[O-])c(S(=O)(=O)NCC2CC2)c1. The molecule has 1 aliphatic carbocycles. The molecule has 2 rings (SSSR count). The van der Waals surface area contributed by atoms with Crippen LogP contribution in [0, 0.1) is 16.0 Å². The van der Waals surface area contributed by atoms with Crippen LogP contribution in [0.4, 0.5) is 11.4 Å². The molecule has 0 amide bonds. The Morgan fingerprint density at radius 2 is 2.10 bits per heavy atom. The highest BCUT2D eigenvalue weighted by atomic mass is 32.2. The molecular formula is C12H17N3O4S. The summed E-state index contributed by atoms with van der Waals surface area (Å²) in [5.41, 5.74) is 0.139. The number of nitrogens with one attached hydrogen (secondary N) is 2. The van der Waals surface area contributed by atoms with Crippen LogP contribution in [-0.2, 0) is 10.0 Å². The molecule has 1 aromatic rings. The van der Waals surface area contributed by atoms with Crippen molar-refractivity contribution in [3.63, 3.8) is 0 Å². The van der Waals surface area contributed by atoms with Crippen molar-refractivity contribution < 1.29 is 13.3 Å². The van der Waals surface area contributed by atoms with Gasteiger partial charge < -0.3 is 5.32 Å². The molecule has 0 radical (unpaired) electrons. The summed E-state index contributed by atoms with van der Waals surface area (Å²) in [5, 5.41) is 13.9. The first-order valence-electron chi connectivity index (χ1n) is 6.46. The smallest absolute Gasteiger partial charge is 0.289 e. The molecule has 0 bridgehead atoms. The normalized spacial score (nSPS) is 15.1. The quantitative estimate of drug-likeness (QED) is 0.589. The predicted molar refractivity (Wildman–Crippen MR) is 75.2 cm³/mol. The lowest BCUT2D eigenvalue weighted by Gasteiger charge is -2.09. The molecule has 110 valence electrons. The first-order chi connectivity index (χ1) is 9.44. The standard InChI is InChI=1S/C12H17N3O4S/c1-2-13-10-5-6-11(15(16)17)12(7-10)20(18,19)14-8-9-3-4-9/h5-7,9,13-14H,2-4,8H2,1H3. The van der Waals surface area contributed by atoms with E-state index in [0.29, 0.717) is 24.7 Å². The van der Waals surface area contributed by atoms with E-state index >= 15 is 0 Å². The average molecular weight is 299 g/mol. The minimum Gasteiger partial charge on any atom is -0.385 e. The maximum atomic E-state index is 12.2. The number of rotatable bonds is 7. The van der Waals surface area contributed by atoms with E-state index < -0.39 is 20.6 Å². The number of benzene rings is 1. The summed E-state index contributed by atoms with van der Waals surface area (Å²) >= 11 is 0. The van der Waals surface area contributed by atoms with Crippen molar-refractivity contribution in [2.75, 3.05) is 18.4 Å². The monoisotopic (exact) mass is 299 g/mol. The molecule has 0 spiro atoms. The third-order valence-corrected chi connectivity index (χ3v) is 4.54. The van der Waals surface area contributed by atoms with E-state index in [2.05, 4.69) is 10.0 Å². The molecule has 0 unspecified atom stereocenters. The van der Waals surface area contributed by atoms with Gasteiger partial charge >= 0.3 is 0 Å². The van der Waals surface area contributed by atoms with E-state index in [0.717, 1.165) is 12.8 Å². The highest BCUT2D eigenvalue weighted by Gasteiger charge is 2.29. The van der Waals surface area contributed by atoms with E-state index in [-0.39, 0.29) is 4.90 Å². The summed E-state index contributed by atoms with van der Waals surface area (Å²) in [7, 11) is -3.86. The van der Waals surface area contributed by atoms with Gasteiger partial charge in [-0.25, -0.2) is 13.1 Å². The van der Waals surface area contributed by atoms with Gasteiger partial charge in [0.2, 0.25) is 10.0 Å². The number of hydrogen-bond donors (Lipinski definition) is 2. The van der Waals surface area contributed by atoms with Gasteiger partial charge in [0.25, 0.3) is 5.69 Å². The fourth-order valence-corrected chi connectivity index (χ4v) is 3.13. The molecule has 8 heteroatoms. The van der Waals surface area contributed by atoms with Crippen molar-refractivity contribution in [2.24, 2.45) is 5.92 Å². The number of nitrogens with zero attached hydrogens (tertiary/aromatic N) is 1. The average Bonchev–Trinajstić information content (AvgIpc) is 3.20. The third kappa shape index (κ3) is 3.45. The molecule has 0 aliphatic heterocycles. The molecule has 0 heterocycles. The second-order valence-corrected chi connectivity index (χ2v) is 6.50. The minimum absolute atomic E-state index is 0.290. The fraction of sp³-hybridized carbons (Fsp3) is 0.500. The van der Waals surface area contributed by atoms with Crippen LogP contribution in [0.3, 0.4) is 0 Å². The van der Waals surface area contributed by atoms with Crippen LogP contribution in [0.1, 0.15) is 19.8 Å². The third-order valence-electron chi connectivity index (χ3n) is 3.09. The Hall–Kier alpha value is -1.67. The van der Waals surface area contributed by atoms with Gasteiger partial charge in [0, 0.05) is 24.8 Å². The summed E-state index contributed by atoms with van der Waals surface area (Å²) < 4.78 is 26.8. The molecule has 1 aliphatic rings. The van der Waals surface area contributed by atoms with Gasteiger partial charge in [0.15, 0.2) is 4.90 Å². The first kappa shape index (κ1) is 14.7. The molecule has 0 atom stereocenters. The highest BCUT2D eigenvalue weighted by Crippen LogP contribution is 2.30.